The number of aromatic nitrogens is 5. The maximum absolute atomic E-state index is 10.9. The summed E-state index contributed by atoms with van der Waals surface area (Å²) < 4.78 is 3.96. The molecule has 4 N–H and O–H groups in total. The van der Waals surface area contributed by atoms with Gasteiger partial charge in [-0.2, -0.15) is 0 Å². The average Bonchev–Trinajstić information content (AvgIpc) is 3.41. The Kier molecular flexibility index (Phi) is 3.73. The normalized spacial score (nSPS) is 31.0. The van der Waals surface area contributed by atoms with Gasteiger partial charge in [0.15, 0.2) is 0 Å². The number of pyridine rings is 1. The topological polar surface area (TPSA) is 114 Å². The highest BCUT2D eigenvalue weighted by Gasteiger charge is 2.59. The molecule has 3 atom stereocenters. The van der Waals surface area contributed by atoms with Crippen LogP contribution in [0.2, 0.25) is 0 Å². The summed E-state index contributed by atoms with van der Waals surface area (Å²) in [6.45, 7) is 0. The molecule has 2 aliphatic rings. The van der Waals surface area contributed by atoms with Gasteiger partial charge in [-0.25, -0.2) is 15.0 Å². The predicted octanol–water partition coefficient (Wildman–Crippen LogP) is 1.97. The molecule has 6 rings (SSSR count). The molecule has 2 saturated carbocycles. The fourth-order valence-corrected chi connectivity index (χ4v) is 5.81. The zero-order valence-corrected chi connectivity index (χ0v) is 16.5. The van der Waals surface area contributed by atoms with Crippen LogP contribution in [0.15, 0.2) is 49.3 Å². The van der Waals surface area contributed by atoms with Crippen LogP contribution in [-0.4, -0.2) is 46.3 Å². The van der Waals surface area contributed by atoms with Crippen LogP contribution in [0.25, 0.3) is 16.7 Å². The van der Waals surface area contributed by atoms with Crippen molar-refractivity contribution in [1.29, 1.82) is 0 Å². The molecule has 0 amide bonds. The number of rotatable bonds is 3. The van der Waals surface area contributed by atoms with Crippen molar-refractivity contribution in [2.24, 2.45) is 11.3 Å². The Morgan fingerprint density at radius 2 is 1.93 bits per heavy atom. The van der Waals surface area contributed by atoms with Crippen LogP contribution in [-0.2, 0) is 6.42 Å². The molecule has 0 unspecified atom stereocenters. The highest BCUT2D eigenvalue weighted by molar-refractivity contribution is 5.86. The first-order valence-corrected chi connectivity index (χ1v) is 10.4. The van der Waals surface area contributed by atoms with Gasteiger partial charge in [-0.15, -0.1) is 0 Å². The molecule has 8 heteroatoms. The van der Waals surface area contributed by atoms with Gasteiger partial charge in [0.25, 0.3) is 0 Å². The Bertz CT molecular complexity index is 1240. The lowest BCUT2D eigenvalue weighted by Gasteiger charge is -2.48. The van der Waals surface area contributed by atoms with Crippen LogP contribution < -0.4 is 5.73 Å². The van der Waals surface area contributed by atoms with E-state index in [1.807, 2.05) is 33.6 Å². The highest BCUT2D eigenvalue weighted by Crippen LogP contribution is 2.60. The fraction of sp³-hybridized carbons (Fsp3) is 0.409. The second kappa shape index (κ2) is 6.26. The second-order valence-corrected chi connectivity index (χ2v) is 8.99. The molecule has 0 saturated heterocycles. The molecule has 2 aliphatic carbocycles. The average molecular weight is 404 g/mol. The van der Waals surface area contributed by atoms with E-state index < -0.39 is 12.2 Å². The number of aliphatic hydroxyl groups is 2. The zero-order chi connectivity index (χ0) is 20.5. The minimum absolute atomic E-state index is 0.214. The van der Waals surface area contributed by atoms with Gasteiger partial charge in [-0.05, 0) is 55.4 Å². The van der Waals surface area contributed by atoms with E-state index >= 15 is 0 Å². The monoisotopic (exact) mass is 404 g/mol. The van der Waals surface area contributed by atoms with E-state index in [4.69, 9.17) is 5.73 Å². The van der Waals surface area contributed by atoms with E-state index in [1.165, 1.54) is 11.9 Å². The molecular formula is C22H24N6O2. The first kappa shape index (κ1) is 17.9. The minimum Gasteiger partial charge on any atom is -0.390 e. The Hall–Kier alpha value is -2.97. The summed E-state index contributed by atoms with van der Waals surface area (Å²) in [5.74, 6) is 0.932. The number of hydrogen-bond donors (Lipinski definition) is 3. The van der Waals surface area contributed by atoms with Crippen LogP contribution in [0.1, 0.15) is 30.9 Å². The summed E-state index contributed by atoms with van der Waals surface area (Å²) in [6, 6.07) is 5.93. The number of fused-ring (bicyclic) bond motifs is 2. The maximum atomic E-state index is 10.9. The molecule has 0 aliphatic heterocycles. The molecule has 0 radical (unpaired) electrons. The van der Waals surface area contributed by atoms with Crippen molar-refractivity contribution >= 4 is 22.5 Å². The third-order valence-corrected chi connectivity index (χ3v) is 7.24. The van der Waals surface area contributed by atoms with Gasteiger partial charge in [-0.1, -0.05) is 0 Å². The Morgan fingerprint density at radius 3 is 2.80 bits per heavy atom. The summed E-state index contributed by atoms with van der Waals surface area (Å²) in [7, 11) is 0. The molecule has 30 heavy (non-hydrogen) atoms. The van der Waals surface area contributed by atoms with Crippen LogP contribution in [0, 0.1) is 11.3 Å². The summed E-state index contributed by atoms with van der Waals surface area (Å²) in [5.41, 5.74) is 8.65. The van der Waals surface area contributed by atoms with Gasteiger partial charge in [0.1, 0.15) is 29.5 Å². The summed E-state index contributed by atoms with van der Waals surface area (Å²) in [5, 5.41) is 22.6. The number of nitrogen functional groups attached to an aromatic ring is 1. The van der Waals surface area contributed by atoms with E-state index in [0.717, 1.165) is 36.7 Å². The molecule has 1 spiro atoms. The van der Waals surface area contributed by atoms with Gasteiger partial charge >= 0.3 is 0 Å². The minimum atomic E-state index is -0.820. The van der Waals surface area contributed by atoms with Crippen LogP contribution in [0.3, 0.4) is 0 Å². The van der Waals surface area contributed by atoms with Crippen molar-refractivity contribution < 1.29 is 10.2 Å². The van der Waals surface area contributed by atoms with Gasteiger partial charge in [-0.3, -0.25) is 0 Å². The molecule has 4 aromatic heterocycles. The van der Waals surface area contributed by atoms with E-state index in [1.54, 1.807) is 6.20 Å². The zero-order valence-electron chi connectivity index (χ0n) is 16.5. The Balaban J connectivity index is 1.21. The predicted molar refractivity (Wildman–Crippen MR) is 112 cm³/mol. The van der Waals surface area contributed by atoms with E-state index in [-0.39, 0.29) is 11.5 Å². The standard InChI is InChI=1S/C22H24N6O2/c23-20-15-2-5-28(21(15)26-12-25-20)16-11-22(19(30)18(16)29)9-14(10-22)7-13-1-4-27-6-3-24-17(27)8-13/h1-6,8,12,14,16,18-19,29-30H,7,9-11H2,(H2,23,25,26)/t14-,16-,18+,19+,22-/m1/s1. The Labute approximate surface area is 173 Å². The van der Waals surface area contributed by atoms with Crippen LogP contribution in [0.5, 0.6) is 0 Å². The van der Waals surface area contributed by atoms with Crippen molar-refractivity contribution in [2.45, 2.75) is 43.9 Å². The van der Waals surface area contributed by atoms with Gasteiger partial charge in [0.05, 0.1) is 17.5 Å². The summed E-state index contributed by atoms with van der Waals surface area (Å²) >= 11 is 0. The fourth-order valence-electron chi connectivity index (χ4n) is 5.81. The molecular weight excluding hydrogens is 380 g/mol. The Morgan fingerprint density at radius 1 is 1.07 bits per heavy atom. The molecule has 8 nitrogen and oxygen atoms in total. The SMILES string of the molecule is Nc1ncnc2c1ccn2[C@@H]1C[C@]2(C[C@@H](Cc3ccn4ccnc4c3)C2)[C@@H](O)[C@H]1O. The van der Waals surface area contributed by atoms with E-state index in [9.17, 15) is 10.2 Å². The smallest absolute Gasteiger partial charge is 0.145 e. The molecule has 0 bridgehead atoms. The van der Waals surface area contributed by atoms with E-state index in [2.05, 4.69) is 27.1 Å². The third-order valence-electron chi connectivity index (χ3n) is 7.24. The number of anilines is 1. The van der Waals surface area contributed by atoms with Crippen molar-refractivity contribution in [1.82, 2.24) is 23.9 Å². The lowest BCUT2D eigenvalue weighted by atomic mass is 9.58. The van der Waals surface area contributed by atoms with Crippen molar-refractivity contribution in [3.05, 3.63) is 54.9 Å². The summed E-state index contributed by atoms with van der Waals surface area (Å²) in [6.07, 6.45) is 11.1. The maximum Gasteiger partial charge on any atom is 0.145 e. The third kappa shape index (κ3) is 2.50. The van der Waals surface area contributed by atoms with E-state index in [0.29, 0.717) is 17.4 Å². The van der Waals surface area contributed by atoms with Crippen molar-refractivity contribution in [3.63, 3.8) is 0 Å². The lowest BCUT2D eigenvalue weighted by Crippen LogP contribution is -2.46. The second-order valence-electron chi connectivity index (χ2n) is 8.99. The van der Waals surface area contributed by atoms with Crippen LogP contribution in [0.4, 0.5) is 5.82 Å². The number of aliphatic hydroxyl groups excluding tert-OH is 2. The number of hydrogen-bond acceptors (Lipinski definition) is 6. The summed E-state index contributed by atoms with van der Waals surface area (Å²) in [4.78, 5) is 12.8. The first-order chi connectivity index (χ1) is 14.5. The lowest BCUT2D eigenvalue weighted by molar-refractivity contribution is -0.0841. The quantitative estimate of drug-likeness (QED) is 0.481. The van der Waals surface area contributed by atoms with Gasteiger partial charge in [0, 0.05) is 30.2 Å². The molecule has 0 aromatic carbocycles. The molecule has 4 aromatic rings. The van der Waals surface area contributed by atoms with Crippen molar-refractivity contribution in [2.75, 3.05) is 5.73 Å². The number of nitrogens with two attached hydrogens (primary N) is 1. The highest BCUT2D eigenvalue weighted by atomic mass is 16.3. The number of nitrogens with zero attached hydrogens (tertiary/aromatic N) is 5. The van der Waals surface area contributed by atoms with Crippen LogP contribution >= 0.6 is 0 Å². The molecule has 4 heterocycles. The van der Waals surface area contributed by atoms with Gasteiger partial charge in [0.2, 0.25) is 0 Å². The van der Waals surface area contributed by atoms with Gasteiger partial charge < -0.3 is 24.9 Å². The van der Waals surface area contributed by atoms with Crippen molar-refractivity contribution in [3.8, 4) is 0 Å². The number of imidazole rings is 1. The molecule has 154 valence electrons. The largest absolute Gasteiger partial charge is 0.390 e. The molecule has 2 fully saturated rings. The first-order valence-electron chi connectivity index (χ1n) is 10.4.